The lowest BCUT2D eigenvalue weighted by atomic mass is 9.85. The first-order valence-electron chi connectivity index (χ1n) is 21.4. The van der Waals surface area contributed by atoms with Crippen molar-refractivity contribution in [2.45, 2.75) is 109 Å². The van der Waals surface area contributed by atoms with Crippen molar-refractivity contribution in [2.24, 2.45) is 16.3 Å². The number of fused-ring (bicyclic) bond motifs is 1. The maximum Gasteiger partial charge on any atom is 0.408 e. The summed E-state index contributed by atoms with van der Waals surface area (Å²) in [4.78, 5) is 70.1. The summed E-state index contributed by atoms with van der Waals surface area (Å²) in [6.07, 6.45) is 2.67. The number of amides is 3. The second-order valence-corrected chi connectivity index (χ2v) is 21.9. The minimum atomic E-state index is -4.29. The molecule has 3 amide bonds. The zero-order chi connectivity index (χ0) is 46.1. The fourth-order valence-electron chi connectivity index (χ4n) is 8.55. The highest BCUT2D eigenvalue weighted by Crippen LogP contribution is 2.69. The van der Waals surface area contributed by atoms with Crippen molar-refractivity contribution in [1.29, 1.82) is 0 Å². The minimum absolute atomic E-state index is 0.0169. The first-order valence-corrected chi connectivity index (χ1v) is 24.5. The molecular formula is C46H55ClFN6O8PS. The van der Waals surface area contributed by atoms with Gasteiger partial charge in [0, 0.05) is 57.7 Å². The molecule has 342 valence electrons. The fourth-order valence-corrected chi connectivity index (χ4v) is 11.9. The van der Waals surface area contributed by atoms with Gasteiger partial charge >= 0.3 is 6.09 Å². The number of aromatic nitrogens is 2. The Morgan fingerprint density at radius 1 is 1.14 bits per heavy atom. The summed E-state index contributed by atoms with van der Waals surface area (Å²) in [7, 11) is -2.73. The molecule has 2 saturated carbocycles. The van der Waals surface area contributed by atoms with Crippen molar-refractivity contribution < 1.29 is 42.4 Å². The number of rotatable bonds is 15. The zero-order valence-corrected chi connectivity index (χ0v) is 39.3. The van der Waals surface area contributed by atoms with Crippen LogP contribution in [0.25, 0.3) is 22.3 Å². The maximum absolute atomic E-state index is 14.9. The summed E-state index contributed by atoms with van der Waals surface area (Å²) >= 11 is 7.64. The van der Waals surface area contributed by atoms with Crippen LogP contribution in [0.15, 0.2) is 65.5 Å². The largest absolute Gasteiger partial charge is 0.497 e. The number of ether oxygens (including phenoxy) is 3. The van der Waals surface area contributed by atoms with Crippen LogP contribution in [-0.4, -0.2) is 92.8 Å². The number of aliphatic imine (C=N–C) groups is 1. The lowest BCUT2D eigenvalue weighted by Crippen LogP contribution is -2.58. The molecule has 64 heavy (non-hydrogen) atoms. The van der Waals surface area contributed by atoms with Crippen LogP contribution in [0.5, 0.6) is 11.5 Å². The molecule has 3 heterocycles. The summed E-state index contributed by atoms with van der Waals surface area (Å²) in [5.41, 5.74) is 1.73. The number of likely N-dealkylation sites (tertiary alicyclic amines) is 1. The molecule has 3 N–H and O–H groups in total. The number of methoxy groups -OCH3 is 1. The highest BCUT2D eigenvalue weighted by Gasteiger charge is 2.65. The van der Waals surface area contributed by atoms with E-state index in [-0.39, 0.29) is 48.7 Å². The van der Waals surface area contributed by atoms with Crippen LogP contribution in [0, 0.1) is 17.2 Å². The van der Waals surface area contributed by atoms with Crippen molar-refractivity contribution in [3.8, 4) is 22.9 Å². The Kier molecular flexibility index (Phi) is 13.9. The van der Waals surface area contributed by atoms with Gasteiger partial charge < -0.3 is 34.6 Å². The third-order valence-corrected chi connectivity index (χ3v) is 15.9. The molecule has 1 saturated heterocycles. The van der Waals surface area contributed by atoms with E-state index in [1.807, 2.05) is 25.3 Å². The Balaban J connectivity index is 1.22. The SMILES string of the molecule is C=C[C@@H]1C[C@]1(NC(=O)[C@@H]1C[C@@H](Oc2cc(-c3csc(N=C(C)C)n3)nc3cc(OC)ccc23)CN1C(=O)[C@@H](NC(=O)OC1CCCC1)C(C)(C)C)P(=O)(O)CCc1c(F)cccc1Cl. The maximum atomic E-state index is 14.9. The summed E-state index contributed by atoms with van der Waals surface area (Å²) in [5.74, 6) is -1.44. The van der Waals surface area contributed by atoms with Crippen LogP contribution in [0.2, 0.25) is 5.02 Å². The highest BCUT2D eigenvalue weighted by molar-refractivity contribution is 7.60. The Morgan fingerprint density at radius 2 is 1.89 bits per heavy atom. The molecule has 4 aromatic rings. The van der Waals surface area contributed by atoms with Crippen LogP contribution in [-0.2, 0) is 25.3 Å². The second-order valence-electron chi connectivity index (χ2n) is 18.0. The van der Waals surface area contributed by atoms with Gasteiger partial charge in [0.05, 0.1) is 24.9 Å². The van der Waals surface area contributed by atoms with Gasteiger partial charge in [0.25, 0.3) is 0 Å². The molecule has 18 heteroatoms. The molecule has 0 spiro atoms. The molecule has 1 aliphatic heterocycles. The average molecular weight is 937 g/mol. The molecule has 2 aliphatic carbocycles. The van der Waals surface area contributed by atoms with Crippen molar-refractivity contribution in [3.05, 3.63) is 76.9 Å². The molecule has 7 rings (SSSR count). The van der Waals surface area contributed by atoms with E-state index >= 15 is 0 Å². The third kappa shape index (κ3) is 10.1. The summed E-state index contributed by atoms with van der Waals surface area (Å²) in [6.45, 7) is 13.0. The Hall–Kier alpha value is -4.89. The second kappa shape index (κ2) is 18.9. The number of hydrogen-bond acceptors (Lipinski definition) is 11. The number of hydrogen-bond donors (Lipinski definition) is 3. The van der Waals surface area contributed by atoms with Gasteiger partial charge in [-0.3, -0.25) is 14.2 Å². The normalized spacial score (nSPS) is 22.3. The van der Waals surface area contributed by atoms with Crippen LogP contribution in [0.3, 0.4) is 0 Å². The van der Waals surface area contributed by atoms with Crippen molar-refractivity contribution in [2.75, 3.05) is 19.8 Å². The smallest absolute Gasteiger partial charge is 0.408 e. The molecular weight excluding hydrogens is 882 g/mol. The zero-order valence-electron chi connectivity index (χ0n) is 36.9. The molecule has 6 atom stereocenters. The van der Waals surface area contributed by atoms with E-state index in [4.69, 9.17) is 30.8 Å². The first kappa shape index (κ1) is 47.1. The lowest BCUT2D eigenvalue weighted by Gasteiger charge is -2.36. The average Bonchev–Trinajstić information content (AvgIpc) is 3.63. The van der Waals surface area contributed by atoms with Gasteiger partial charge in [0.15, 0.2) is 0 Å². The Bertz CT molecular complexity index is 2500. The number of benzene rings is 2. The fraction of sp³-hybridized carbons (Fsp3) is 0.478. The monoisotopic (exact) mass is 936 g/mol. The number of carbonyl (C=O) groups is 3. The van der Waals surface area contributed by atoms with Gasteiger partial charge in [-0.15, -0.1) is 17.9 Å². The van der Waals surface area contributed by atoms with Gasteiger partial charge in [-0.25, -0.2) is 24.1 Å². The molecule has 3 fully saturated rings. The molecule has 2 aromatic carbocycles. The molecule has 3 aliphatic rings. The molecule has 2 aromatic heterocycles. The number of halogens is 2. The third-order valence-electron chi connectivity index (χ3n) is 12.1. The summed E-state index contributed by atoms with van der Waals surface area (Å²) < 4.78 is 47.1. The quantitative estimate of drug-likeness (QED) is 0.0591. The topological polar surface area (TPSA) is 182 Å². The number of carbonyl (C=O) groups excluding carboxylic acids is 3. The van der Waals surface area contributed by atoms with Crippen LogP contribution >= 0.6 is 30.3 Å². The van der Waals surface area contributed by atoms with Crippen molar-refractivity contribution in [1.82, 2.24) is 25.5 Å². The standard InChI is InChI=1S/C46H55ClFN6O8PS/c1-8-27-23-46(27,63(58,59)19-18-31-33(47)14-11-15-34(31)48)53-41(55)38-21-30(24-54(38)42(56)40(45(4,5)6)52-44(57)62-28-12-9-10-13-28)61-39-22-36(37-25-64-43(51-37)49-26(2)3)50-35-20-29(60-7)16-17-32(35)39/h8,11,14-17,20,22,25,27-28,30,38,40H,1,9-10,12-13,18-19,21,23-24H2,2-7H3,(H,52,57)(H,53,55)(H,58,59)/t27-,30-,38+,40-,46+/m1/s1. The first-order chi connectivity index (χ1) is 30.3. The molecule has 0 bridgehead atoms. The van der Waals surface area contributed by atoms with E-state index in [0.717, 1.165) is 31.4 Å². The van der Waals surface area contributed by atoms with Gasteiger partial charge in [0.1, 0.15) is 52.6 Å². The van der Waals surface area contributed by atoms with Gasteiger partial charge in [-0.2, -0.15) is 0 Å². The van der Waals surface area contributed by atoms with Crippen LogP contribution in [0.1, 0.15) is 78.7 Å². The predicted octanol–water partition coefficient (Wildman–Crippen LogP) is 9.24. The van der Waals surface area contributed by atoms with E-state index < -0.39 is 65.9 Å². The predicted molar refractivity (Wildman–Crippen MR) is 246 cm³/mol. The van der Waals surface area contributed by atoms with Gasteiger partial charge in [-0.1, -0.05) is 44.5 Å². The van der Waals surface area contributed by atoms with E-state index in [1.165, 1.54) is 40.5 Å². The van der Waals surface area contributed by atoms with Crippen LogP contribution in [0.4, 0.5) is 14.3 Å². The van der Waals surface area contributed by atoms with Crippen molar-refractivity contribution >= 4 is 70.0 Å². The summed E-state index contributed by atoms with van der Waals surface area (Å²) in [5, 5.41) is 7.25. The number of nitrogens with zero attached hydrogens (tertiary/aromatic N) is 4. The van der Waals surface area contributed by atoms with Gasteiger partial charge in [-0.05, 0) is 82.1 Å². The lowest BCUT2D eigenvalue weighted by molar-refractivity contribution is -0.142. The minimum Gasteiger partial charge on any atom is -0.497 e. The number of nitrogens with one attached hydrogen (secondary N) is 2. The van der Waals surface area contributed by atoms with Crippen molar-refractivity contribution in [3.63, 3.8) is 0 Å². The van der Waals surface area contributed by atoms with E-state index in [1.54, 1.807) is 46.1 Å². The molecule has 0 radical (unpaired) electrons. The molecule has 14 nitrogen and oxygen atoms in total. The van der Waals surface area contributed by atoms with E-state index in [2.05, 4.69) is 27.2 Å². The molecule has 1 unspecified atom stereocenters. The summed E-state index contributed by atoms with van der Waals surface area (Å²) in [6, 6.07) is 8.97. The van der Waals surface area contributed by atoms with E-state index in [9.17, 15) is 28.2 Å². The Morgan fingerprint density at radius 3 is 2.55 bits per heavy atom. The number of thiazole rings is 1. The van der Waals surface area contributed by atoms with Crippen LogP contribution < -0.4 is 20.1 Å². The van der Waals surface area contributed by atoms with E-state index in [0.29, 0.717) is 38.9 Å². The number of alkyl carbamates (subject to hydrolysis) is 1. The van der Waals surface area contributed by atoms with Gasteiger partial charge in [0.2, 0.25) is 24.3 Å². The number of pyridine rings is 1. The Labute approximate surface area is 381 Å². The highest BCUT2D eigenvalue weighted by atomic mass is 35.5.